The van der Waals surface area contributed by atoms with E-state index in [0.717, 1.165) is 19.3 Å². The average Bonchev–Trinajstić information content (AvgIpc) is 2.59. The summed E-state index contributed by atoms with van der Waals surface area (Å²) in [5, 5.41) is 3.00. The molecular formula is C16H36N4O4. The molecule has 144 valence electrons. The molecule has 0 rings (SSSR count). The van der Waals surface area contributed by atoms with Gasteiger partial charge < -0.3 is 36.7 Å². The van der Waals surface area contributed by atoms with Gasteiger partial charge in [-0.3, -0.25) is 4.79 Å². The van der Waals surface area contributed by atoms with Crippen molar-refractivity contribution in [1.82, 2.24) is 5.32 Å². The van der Waals surface area contributed by atoms with Crippen molar-refractivity contribution < 1.29 is 19.0 Å². The number of nitrogens with one attached hydrogen (secondary N) is 1. The molecule has 0 aliphatic rings. The number of amides is 1. The maximum absolute atomic E-state index is 12.0. The normalized spacial score (nSPS) is 11.7. The predicted octanol–water partition coefficient (Wildman–Crippen LogP) is -0.652. The molecule has 0 aromatic heterocycles. The molecule has 0 spiro atoms. The highest BCUT2D eigenvalue weighted by atomic mass is 16.5. The quantitative estimate of drug-likeness (QED) is 0.256. The molecule has 0 atom stereocenters. The fourth-order valence-corrected chi connectivity index (χ4v) is 1.98. The first-order chi connectivity index (χ1) is 11.6. The molecule has 0 radical (unpaired) electrons. The van der Waals surface area contributed by atoms with Crippen LogP contribution in [0, 0.1) is 0 Å². The number of hydrogen-bond donors (Lipinski definition) is 4. The van der Waals surface area contributed by atoms with E-state index in [1.54, 1.807) is 6.92 Å². The van der Waals surface area contributed by atoms with Gasteiger partial charge in [-0.25, -0.2) is 0 Å². The molecule has 0 aromatic rings. The van der Waals surface area contributed by atoms with Gasteiger partial charge >= 0.3 is 0 Å². The van der Waals surface area contributed by atoms with E-state index in [9.17, 15) is 4.79 Å². The van der Waals surface area contributed by atoms with Crippen LogP contribution in [0.1, 0.15) is 32.6 Å². The second-order valence-electron chi connectivity index (χ2n) is 5.77. The molecule has 0 bridgehead atoms. The molecule has 8 nitrogen and oxygen atoms in total. The lowest BCUT2D eigenvalue weighted by atomic mass is 10.0. The maximum Gasteiger partial charge on any atom is 0.220 e. The number of nitrogens with two attached hydrogens (primary N) is 3. The Bertz CT molecular complexity index is 275. The third-order valence-corrected chi connectivity index (χ3v) is 3.34. The van der Waals surface area contributed by atoms with Gasteiger partial charge in [0, 0.05) is 26.2 Å². The van der Waals surface area contributed by atoms with Crippen LogP contribution in [0.4, 0.5) is 0 Å². The third-order valence-electron chi connectivity index (χ3n) is 3.34. The van der Waals surface area contributed by atoms with Gasteiger partial charge in [-0.1, -0.05) is 6.92 Å². The Morgan fingerprint density at radius 2 is 1.21 bits per heavy atom. The molecule has 24 heavy (non-hydrogen) atoms. The molecule has 0 aromatic carbocycles. The molecule has 0 saturated carbocycles. The summed E-state index contributed by atoms with van der Waals surface area (Å²) in [5.74, 6) is -0.0673. The Hall–Kier alpha value is -0.770. The Morgan fingerprint density at radius 1 is 0.833 bits per heavy atom. The summed E-state index contributed by atoms with van der Waals surface area (Å²) in [5.41, 5.74) is 15.7. The zero-order chi connectivity index (χ0) is 18.1. The van der Waals surface area contributed by atoms with E-state index >= 15 is 0 Å². The molecule has 0 heterocycles. The number of hydrogen-bond acceptors (Lipinski definition) is 7. The lowest BCUT2D eigenvalue weighted by Gasteiger charge is -2.34. The molecule has 0 fully saturated rings. The Balaban J connectivity index is 4.74. The van der Waals surface area contributed by atoms with E-state index < -0.39 is 5.54 Å². The smallest absolute Gasteiger partial charge is 0.220 e. The lowest BCUT2D eigenvalue weighted by Crippen LogP contribution is -2.58. The minimum absolute atomic E-state index is 0.0673. The van der Waals surface area contributed by atoms with Crippen LogP contribution in [0.2, 0.25) is 0 Å². The summed E-state index contributed by atoms with van der Waals surface area (Å²) >= 11 is 0. The monoisotopic (exact) mass is 348 g/mol. The van der Waals surface area contributed by atoms with Crippen molar-refractivity contribution in [3.05, 3.63) is 0 Å². The average molecular weight is 348 g/mol. The van der Waals surface area contributed by atoms with Crippen LogP contribution in [0.5, 0.6) is 0 Å². The lowest BCUT2D eigenvalue weighted by molar-refractivity contribution is -0.127. The van der Waals surface area contributed by atoms with Gasteiger partial charge in [0.05, 0.1) is 19.8 Å². The van der Waals surface area contributed by atoms with E-state index in [0.29, 0.717) is 65.7 Å². The van der Waals surface area contributed by atoms with Gasteiger partial charge in [0.2, 0.25) is 5.91 Å². The first-order valence-electron chi connectivity index (χ1n) is 8.78. The van der Waals surface area contributed by atoms with Crippen molar-refractivity contribution >= 4 is 5.91 Å². The summed E-state index contributed by atoms with van der Waals surface area (Å²) in [6, 6.07) is 0. The number of rotatable bonds is 17. The van der Waals surface area contributed by atoms with Gasteiger partial charge in [0.25, 0.3) is 0 Å². The number of ether oxygens (including phenoxy) is 3. The molecule has 0 aliphatic carbocycles. The summed E-state index contributed by atoms with van der Waals surface area (Å²) in [6.07, 6.45) is 2.68. The topological polar surface area (TPSA) is 135 Å². The van der Waals surface area contributed by atoms with Gasteiger partial charge in [-0.15, -0.1) is 0 Å². The van der Waals surface area contributed by atoms with Crippen molar-refractivity contribution in [1.29, 1.82) is 0 Å². The highest BCUT2D eigenvalue weighted by Gasteiger charge is 2.33. The van der Waals surface area contributed by atoms with Gasteiger partial charge in [-0.2, -0.15) is 0 Å². The SMILES string of the molecule is CCC(=O)NC(COCCCN)(COCCCN)COCCCN. The van der Waals surface area contributed by atoms with E-state index in [-0.39, 0.29) is 5.91 Å². The van der Waals surface area contributed by atoms with Crippen LogP contribution >= 0.6 is 0 Å². The van der Waals surface area contributed by atoms with E-state index in [4.69, 9.17) is 31.4 Å². The van der Waals surface area contributed by atoms with Crippen LogP contribution in [0.15, 0.2) is 0 Å². The van der Waals surface area contributed by atoms with Crippen LogP contribution in [-0.4, -0.2) is 70.7 Å². The minimum Gasteiger partial charge on any atom is -0.379 e. The zero-order valence-corrected chi connectivity index (χ0v) is 15.1. The van der Waals surface area contributed by atoms with Crippen molar-refractivity contribution in [2.75, 3.05) is 59.3 Å². The first-order valence-corrected chi connectivity index (χ1v) is 8.78. The number of carbonyl (C=O) groups is 1. The zero-order valence-electron chi connectivity index (χ0n) is 15.1. The second kappa shape index (κ2) is 15.7. The Kier molecular flexibility index (Phi) is 15.2. The summed E-state index contributed by atoms with van der Waals surface area (Å²) in [6.45, 7) is 6.03. The molecule has 0 saturated heterocycles. The van der Waals surface area contributed by atoms with E-state index in [1.807, 2.05) is 0 Å². The molecule has 7 N–H and O–H groups in total. The molecule has 1 amide bonds. The minimum atomic E-state index is -0.717. The molecule has 8 heteroatoms. The van der Waals surface area contributed by atoms with Crippen LogP contribution in [0.3, 0.4) is 0 Å². The van der Waals surface area contributed by atoms with Crippen molar-refractivity contribution in [2.24, 2.45) is 17.2 Å². The van der Waals surface area contributed by atoms with Crippen LogP contribution in [0.25, 0.3) is 0 Å². The Morgan fingerprint density at radius 3 is 1.50 bits per heavy atom. The van der Waals surface area contributed by atoms with Gasteiger partial charge in [0.1, 0.15) is 5.54 Å². The standard InChI is InChI=1S/C16H36N4O4/c1-2-15(21)20-16(12-22-9-3-6-17,13-23-10-4-7-18)14-24-11-5-8-19/h2-14,17-19H2,1H3,(H,20,21). The van der Waals surface area contributed by atoms with Gasteiger partial charge in [-0.05, 0) is 38.9 Å². The largest absolute Gasteiger partial charge is 0.379 e. The predicted molar refractivity (Wildman–Crippen MR) is 94.6 cm³/mol. The van der Waals surface area contributed by atoms with Crippen molar-refractivity contribution in [3.63, 3.8) is 0 Å². The van der Waals surface area contributed by atoms with Crippen molar-refractivity contribution in [3.8, 4) is 0 Å². The number of carbonyl (C=O) groups excluding carboxylic acids is 1. The highest BCUT2D eigenvalue weighted by molar-refractivity contribution is 5.76. The Labute approximate surface area is 145 Å². The van der Waals surface area contributed by atoms with E-state index in [2.05, 4.69) is 5.32 Å². The second-order valence-corrected chi connectivity index (χ2v) is 5.77. The van der Waals surface area contributed by atoms with E-state index in [1.165, 1.54) is 0 Å². The highest BCUT2D eigenvalue weighted by Crippen LogP contribution is 2.10. The van der Waals surface area contributed by atoms with Crippen LogP contribution < -0.4 is 22.5 Å². The van der Waals surface area contributed by atoms with Crippen LogP contribution in [-0.2, 0) is 19.0 Å². The van der Waals surface area contributed by atoms with Crippen molar-refractivity contribution in [2.45, 2.75) is 38.1 Å². The molecule has 0 aliphatic heterocycles. The summed E-state index contributed by atoms with van der Waals surface area (Å²) in [4.78, 5) is 12.0. The fraction of sp³-hybridized carbons (Fsp3) is 0.938. The summed E-state index contributed by atoms with van der Waals surface area (Å²) in [7, 11) is 0. The van der Waals surface area contributed by atoms with Gasteiger partial charge in [0.15, 0.2) is 0 Å². The first kappa shape index (κ1) is 23.2. The molecular weight excluding hydrogens is 312 g/mol. The third kappa shape index (κ3) is 11.7. The fourth-order valence-electron chi connectivity index (χ4n) is 1.98. The maximum atomic E-state index is 12.0. The molecule has 0 unspecified atom stereocenters. The summed E-state index contributed by atoms with van der Waals surface area (Å²) < 4.78 is 17.1.